The number of carbonyl (C=O) groups is 8. The fourth-order valence-electron chi connectivity index (χ4n) is 10.3. The SMILES string of the molecule is CC[C@H](C)[C@H](NC(=O)[C@H](CCCCN)NC(=O)[C@@H](Cc1c[nH]c2ccccc12)NC(=O)[C@H](Cc1ccc(O)cc1)NC(=O)[C@@H](CS)NC(=O)[C@@H](N)Cc1ccc(-c2ccccc2)cc1)C(=O)N[C@@H](CS)C(=O)N[C@@H](Cc1ccc(-c2ccccc2)cc1)C(N)=O. The van der Waals surface area contributed by atoms with Gasteiger partial charge in [-0.05, 0) is 101 Å². The number of thiol groups is 2. The van der Waals surface area contributed by atoms with Crippen molar-refractivity contribution in [2.24, 2.45) is 23.1 Å². The van der Waals surface area contributed by atoms with Gasteiger partial charge in [0.25, 0.3) is 0 Å². The molecule has 20 nitrogen and oxygen atoms in total. The standard InChI is InChI=1S/C68H81N11O9S2/c1-3-41(2)60(68(88)78-59(40-90)66(86)74-55(61(71)81)35-43-23-29-48(30-24-43)46-16-8-5-9-17-46)79-63(83)54(20-12-13-33-69)73-65(85)57(37-49-38-72-53-19-11-10-18-51(49)53)76-64(84)56(36-44-25-31-50(80)32-26-44)75-67(87)58(39-89)77-62(82)52(70)34-42-21-27-47(28-22-42)45-14-6-4-7-15-45/h4-11,14-19,21-32,38,41,52,54-60,72,80,89-90H,3,12-13,20,33-37,39-40,69-70H2,1-2H3,(H2,71,81)(H,73,85)(H,74,86)(H,75,87)(H,76,84)(H,77,82)(H,78,88)(H,79,83)/t41-,52-,54-,55-,56-,57+,58+,59-,60-/m0/s1. The molecule has 0 bridgehead atoms. The number of primary amides is 1. The number of benzene rings is 6. The van der Waals surface area contributed by atoms with E-state index in [1.165, 1.54) is 12.1 Å². The van der Waals surface area contributed by atoms with E-state index in [0.717, 1.165) is 44.3 Å². The number of phenolic OH excluding ortho intramolecular Hbond substituents is 1. The summed E-state index contributed by atoms with van der Waals surface area (Å²) in [5.74, 6) is -6.93. The summed E-state index contributed by atoms with van der Waals surface area (Å²) in [6.45, 7) is 3.83. The summed E-state index contributed by atoms with van der Waals surface area (Å²) < 4.78 is 0. The molecule has 1 aromatic heterocycles. The molecule has 0 fully saturated rings. The Morgan fingerprint density at radius 2 is 0.900 bits per heavy atom. The predicted molar refractivity (Wildman–Crippen MR) is 356 cm³/mol. The van der Waals surface area contributed by atoms with E-state index in [1.54, 1.807) is 25.3 Å². The first-order valence-corrected chi connectivity index (χ1v) is 31.4. The molecule has 15 N–H and O–H groups in total. The van der Waals surface area contributed by atoms with Gasteiger partial charge < -0.3 is 64.5 Å². The molecule has 0 radical (unpaired) electrons. The highest BCUT2D eigenvalue weighted by atomic mass is 32.1. The van der Waals surface area contributed by atoms with Crippen molar-refractivity contribution in [3.63, 3.8) is 0 Å². The molecule has 90 heavy (non-hydrogen) atoms. The number of aromatic nitrogens is 1. The summed E-state index contributed by atoms with van der Waals surface area (Å²) in [6, 6.07) is 37.9. The molecule has 0 unspecified atom stereocenters. The van der Waals surface area contributed by atoms with Gasteiger partial charge in [-0.3, -0.25) is 38.4 Å². The second-order valence-electron chi connectivity index (χ2n) is 22.4. The summed E-state index contributed by atoms with van der Waals surface area (Å²) in [7, 11) is 0. The zero-order valence-electron chi connectivity index (χ0n) is 50.4. The van der Waals surface area contributed by atoms with E-state index in [9.17, 15) is 43.5 Å². The fraction of sp³-hybridized carbons (Fsp3) is 0.324. The van der Waals surface area contributed by atoms with Crippen molar-refractivity contribution in [1.82, 2.24) is 42.2 Å². The van der Waals surface area contributed by atoms with Crippen LogP contribution in [0.3, 0.4) is 0 Å². The molecule has 7 aromatic rings. The van der Waals surface area contributed by atoms with E-state index in [2.05, 4.69) is 67.5 Å². The number of fused-ring (bicyclic) bond motifs is 1. The van der Waals surface area contributed by atoms with Gasteiger partial charge in [-0.2, -0.15) is 25.3 Å². The van der Waals surface area contributed by atoms with Crippen molar-refractivity contribution in [3.05, 3.63) is 186 Å². The highest BCUT2D eigenvalue weighted by molar-refractivity contribution is 7.80. The van der Waals surface area contributed by atoms with Crippen LogP contribution < -0.4 is 54.4 Å². The Kier molecular flexibility index (Phi) is 26.0. The Bertz CT molecular complexity index is 3520. The van der Waals surface area contributed by atoms with E-state index in [0.29, 0.717) is 30.4 Å². The maximum Gasteiger partial charge on any atom is 0.244 e. The molecule has 0 aliphatic carbocycles. The summed E-state index contributed by atoms with van der Waals surface area (Å²) >= 11 is 8.75. The summed E-state index contributed by atoms with van der Waals surface area (Å²) in [5.41, 5.74) is 25.5. The van der Waals surface area contributed by atoms with Crippen molar-refractivity contribution >= 4 is 83.4 Å². The lowest BCUT2D eigenvalue weighted by Crippen LogP contribution is -2.61. The Morgan fingerprint density at radius 3 is 1.42 bits per heavy atom. The Hall–Kier alpha value is -8.96. The first-order chi connectivity index (χ1) is 43.4. The van der Waals surface area contributed by atoms with Gasteiger partial charge >= 0.3 is 0 Å². The number of aromatic hydroxyl groups is 1. The number of H-pyrrole nitrogens is 1. The van der Waals surface area contributed by atoms with Crippen LogP contribution in [0.4, 0.5) is 0 Å². The van der Waals surface area contributed by atoms with Crippen LogP contribution in [0.25, 0.3) is 33.2 Å². The molecule has 8 amide bonds. The van der Waals surface area contributed by atoms with Gasteiger partial charge in [0.15, 0.2) is 0 Å². The smallest absolute Gasteiger partial charge is 0.244 e. The number of nitrogens with two attached hydrogens (primary N) is 3. The van der Waals surface area contributed by atoms with Crippen LogP contribution >= 0.6 is 25.3 Å². The lowest BCUT2D eigenvalue weighted by Gasteiger charge is -2.29. The number of phenols is 1. The lowest BCUT2D eigenvalue weighted by atomic mass is 9.96. The molecule has 1 heterocycles. The van der Waals surface area contributed by atoms with Crippen LogP contribution in [0.2, 0.25) is 0 Å². The Morgan fingerprint density at radius 1 is 0.478 bits per heavy atom. The molecule has 0 spiro atoms. The van der Waals surface area contributed by atoms with E-state index in [1.807, 2.05) is 140 Å². The first kappa shape index (κ1) is 68.5. The number of rotatable bonds is 33. The van der Waals surface area contributed by atoms with Gasteiger partial charge in [-0.1, -0.05) is 160 Å². The number of hydrogen-bond acceptors (Lipinski definition) is 13. The van der Waals surface area contributed by atoms with Crippen LogP contribution in [0.1, 0.15) is 61.8 Å². The van der Waals surface area contributed by atoms with E-state index in [-0.39, 0.29) is 55.9 Å². The molecule has 0 aliphatic heterocycles. The van der Waals surface area contributed by atoms with E-state index >= 15 is 0 Å². The lowest BCUT2D eigenvalue weighted by molar-refractivity contribution is -0.136. The van der Waals surface area contributed by atoms with Gasteiger partial charge in [0, 0.05) is 47.9 Å². The molecule has 0 aliphatic rings. The molecule has 9 atom stereocenters. The summed E-state index contributed by atoms with van der Waals surface area (Å²) in [4.78, 5) is 116. The first-order valence-electron chi connectivity index (χ1n) is 30.1. The topological polar surface area (TPSA) is 335 Å². The van der Waals surface area contributed by atoms with Crippen molar-refractivity contribution < 1.29 is 43.5 Å². The van der Waals surface area contributed by atoms with Crippen LogP contribution in [0.5, 0.6) is 5.75 Å². The molecule has 0 saturated heterocycles. The highest BCUT2D eigenvalue weighted by Gasteiger charge is 2.36. The molecule has 474 valence electrons. The van der Waals surface area contributed by atoms with Crippen molar-refractivity contribution in [3.8, 4) is 28.0 Å². The number of hydrogen-bond donors (Lipinski definition) is 14. The Labute approximate surface area is 535 Å². The highest BCUT2D eigenvalue weighted by Crippen LogP contribution is 2.23. The zero-order valence-corrected chi connectivity index (χ0v) is 52.2. The second-order valence-corrected chi connectivity index (χ2v) is 23.1. The molecule has 6 aromatic carbocycles. The van der Waals surface area contributed by atoms with Gasteiger partial charge in [0.1, 0.15) is 48.0 Å². The molecule has 7 rings (SSSR count). The minimum absolute atomic E-state index is 0.0424. The second kappa shape index (κ2) is 34.1. The summed E-state index contributed by atoms with van der Waals surface area (Å²) in [6.07, 6.45) is 2.97. The number of nitrogens with one attached hydrogen (secondary N) is 8. The average Bonchev–Trinajstić information content (AvgIpc) is 2.63. The van der Waals surface area contributed by atoms with Gasteiger partial charge in [0.05, 0.1) is 6.04 Å². The maximum absolute atomic E-state index is 15.0. The number of carbonyl (C=O) groups excluding carboxylic acids is 8. The predicted octanol–water partition coefficient (Wildman–Crippen LogP) is 4.72. The van der Waals surface area contributed by atoms with Crippen molar-refractivity contribution in [1.29, 1.82) is 0 Å². The minimum Gasteiger partial charge on any atom is -0.508 e. The third-order valence-corrected chi connectivity index (χ3v) is 16.5. The van der Waals surface area contributed by atoms with Crippen LogP contribution in [0, 0.1) is 5.92 Å². The molecule has 22 heteroatoms. The molecule has 0 saturated carbocycles. The zero-order chi connectivity index (χ0) is 64.7. The maximum atomic E-state index is 15.0. The van der Waals surface area contributed by atoms with Crippen LogP contribution in [-0.2, 0) is 64.0 Å². The van der Waals surface area contributed by atoms with Gasteiger partial charge in [-0.15, -0.1) is 0 Å². The van der Waals surface area contributed by atoms with Crippen LogP contribution in [-0.4, -0.2) is 124 Å². The average molecular weight is 1260 g/mol. The minimum atomic E-state index is -1.40. The number of unbranched alkanes of at least 4 members (excludes halogenated alkanes) is 1. The normalized spacial score (nSPS) is 14.2. The monoisotopic (exact) mass is 1260 g/mol. The fourth-order valence-corrected chi connectivity index (χ4v) is 10.8. The number of amides is 8. The third kappa shape index (κ3) is 19.8. The summed E-state index contributed by atoms with van der Waals surface area (Å²) in [5, 5.41) is 30.2. The van der Waals surface area contributed by atoms with Gasteiger partial charge in [-0.25, -0.2) is 0 Å². The molecular formula is C68H81N11O9S2. The quantitative estimate of drug-likeness (QED) is 0.0197. The van der Waals surface area contributed by atoms with Crippen molar-refractivity contribution in [2.45, 2.75) is 114 Å². The Balaban J connectivity index is 1.07. The molecular weight excluding hydrogens is 1180 g/mol. The van der Waals surface area contributed by atoms with Crippen molar-refractivity contribution in [2.75, 3.05) is 18.1 Å². The van der Waals surface area contributed by atoms with E-state index < -0.39 is 102 Å². The van der Waals surface area contributed by atoms with Crippen LogP contribution in [0.15, 0.2) is 164 Å². The third-order valence-electron chi connectivity index (χ3n) is 15.8. The number of para-hydroxylation sites is 1. The number of aromatic amines is 1. The largest absolute Gasteiger partial charge is 0.508 e. The van der Waals surface area contributed by atoms with Gasteiger partial charge in [0.2, 0.25) is 47.3 Å². The van der Waals surface area contributed by atoms with E-state index in [4.69, 9.17) is 17.2 Å².